The van der Waals surface area contributed by atoms with Crippen molar-refractivity contribution in [1.29, 1.82) is 0 Å². The maximum absolute atomic E-state index is 3.26. The Balaban J connectivity index is 1.85. The largest absolute Gasteiger partial charge is 0.341 e. The van der Waals surface area contributed by atoms with E-state index in [1.165, 1.54) is 41.8 Å². The van der Waals surface area contributed by atoms with Gasteiger partial charge < -0.3 is 10.2 Å². The topological polar surface area (TPSA) is 15.3 Å². The molecule has 2 nitrogen and oxygen atoms in total. The zero-order chi connectivity index (χ0) is 15.4. The summed E-state index contributed by atoms with van der Waals surface area (Å²) in [6, 6.07) is 17.8. The average molecular weight is 294 g/mol. The van der Waals surface area contributed by atoms with Gasteiger partial charge in [0.05, 0.1) is 0 Å². The first kappa shape index (κ1) is 15.1. The first-order chi connectivity index (χ1) is 10.8. The van der Waals surface area contributed by atoms with E-state index >= 15 is 0 Å². The van der Waals surface area contributed by atoms with Crippen LogP contribution in [0.5, 0.6) is 0 Å². The fraction of sp³-hybridized carbons (Fsp3) is 0.400. The lowest BCUT2D eigenvalue weighted by Gasteiger charge is -2.36. The summed E-state index contributed by atoms with van der Waals surface area (Å²) in [5.41, 5.74) is 5.51. The highest BCUT2D eigenvalue weighted by Crippen LogP contribution is 2.36. The van der Waals surface area contributed by atoms with E-state index in [4.69, 9.17) is 0 Å². The van der Waals surface area contributed by atoms with E-state index in [2.05, 4.69) is 65.7 Å². The van der Waals surface area contributed by atoms with Gasteiger partial charge in [-0.25, -0.2) is 0 Å². The third-order valence-corrected chi connectivity index (χ3v) is 4.62. The van der Waals surface area contributed by atoms with Crippen LogP contribution < -0.4 is 10.2 Å². The van der Waals surface area contributed by atoms with Crippen LogP contribution in [0.15, 0.2) is 48.5 Å². The molecule has 1 aliphatic heterocycles. The number of aryl methyl sites for hydroxylation is 1. The van der Waals surface area contributed by atoms with Crippen molar-refractivity contribution >= 4 is 11.4 Å². The summed E-state index contributed by atoms with van der Waals surface area (Å²) >= 11 is 0. The standard InChI is InChI=1S/C20H26N2/c1-16-9-11-19(12-10-16)22-15-17(6-5-13-21-2)14-18-7-3-4-8-20(18)22/h3-4,7-12,17,21H,5-6,13-15H2,1-2H3. The molecule has 0 aromatic heterocycles. The van der Waals surface area contributed by atoms with Crippen molar-refractivity contribution in [3.05, 3.63) is 59.7 Å². The lowest BCUT2D eigenvalue weighted by Crippen LogP contribution is -2.32. The zero-order valence-electron chi connectivity index (χ0n) is 13.7. The van der Waals surface area contributed by atoms with Crippen LogP contribution in [-0.2, 0) is 6.42 Å². The zero-order valence-corrected chi connectivity index (χ0v) is 13.7. The third kappa shape index (κ3) is 3.33. The summed E-state index contributed by atoms with van der Waals surface area (Å²) in [6.07, 6.45) is 3.75. The first-order valence-corrected chi connectivity index (χ1v) is 8.34. The van der Waals surface area contributed by atoms with Gasteiger partial charge in [0.1, 0.15) is 0 Å². The monoisotopic (exact) mass is 294 g/mol. The third-order valence-electron chi connectivity index (χ3n) is 4.62. The van der Waals surface area contributed by atoms with E-state index in [0.29, 0.717) is 0 Å². The fourth-order valence-corrected chi connectivity index (χ4v) is 3.41. The number of hydrogen-bond acceptors (Lipinski definition) is 2. The molecule has 1 heterocycles. The molecule has 1 N–H and O–H groups in total. The molecule has 2 heteroatoms. The number of anilines is 2. The summed E-state index contributed by atoms with van der Waals surface area (Å²) < 4.78 is 0. The van der Waals surface area contributed by atoms with Gasteiger partial charge in [0.25, 0.3) is 0 Å². The van der Waals surface area contributed by atoms with E-state index in [1.807, 2.05) is 7.05 Å². The highest BCUT2D eigenvalue weighted by molar-refractivity contribution is 5.68. The molecule has 2 aromatic rings. The van der Waals surface area contributed by atoms with Crippen LogP contribution in [0.4, 0.5) is 11.4 Å². The van der Waals surface area contributed by atoms with Crippen molar-refractivity contribution in [1.82, 2.24) is 5.32 Å². The summed E-state index contributed by atoms with van der Waals surface area (Å²) in [5.74, 6) is 0.740. The molecule has 0 spiro atoms. The maximum atomic E-state index is 3.26. The number of rotatable bonds is 5. The van der Waals surface area contributed by atoms with Crippen LogP contribution in [-0.4, -0.2) is 20.1 Å². The molecule has 22 heavy (non-hydrogen) atoms. The number of nitrogens with zero attached hydrogens (tertiary/aromatic N) is 1. The number of benzene rings is 2. The first-order valence-electron chi connectivity index (χ1n) is 8.34. The smallest absolute Gasteiger partial charge is 0.0443 e. The van der Waals surface area contributed by atoms with Gasteiger partial charge in [-0.05, 0) is 69.5 Å². The van der Waals surface area contributed by atoms with E-state index in [0.717, 1.165) is 19.0 Å². The predicted molar refractivity (Wildman–Crippen MR) is 95.0 cm³/mol. The minimum absolute atomic E-state index is 0.740. The van der Waals surface area contributed by atoms with Gasteiger partial charge in [-0.3, -0.25) is 0 Å². The highest BCUT2D eigenvalue weighted by atomic mass is 15.1. The molecule has 1 aliphatic rings. The molecule has 0 amide bonds. The molecule has 3 rings (SSSR count). The van der Waals surface area contributed by atoms with Gasteiger partial charge in [-0.2, -0.15) is 0 Å². The van der Waals surface area contributed by atoms with Crippen molar-refractivity contribution in [3.8, 4) is 0 Å². The molecule has 2 aromatic carbocycles. The Morgan fingerprint density at radius 3 is 2.64 bits per heavy atom. The van der Waals surface area contributed by atoms with Crippen molar-refractivity contribution in [2.24, 2.45) is 5.92 Å². The van der Waals surface area contributed by atoms with Crippen LogP contribution in [0.1, 0.15) is 24.0 Å². The molecule has 1 atom stereocenters. The summed E-state index contributed by atoms with van der Waals surface area (Å²) in [7, 11) is 2.04. The number of para-hydroxylation sites is 1. The number of nitrogens with one attached hydrogen (secondary N) is 1. The van der Waals surface area contributed by atoms with Gasteiger partial charge in [0.2, 0.25) is 0 Å². The van der Waals surface area contributed by atoms with Crippen molar-refractivity contribution in [3.63, 3.8) is 0 Å². The quantitative estimate of drug-likeness (QED) is 0.827. The molecule has 0 radical (unpaired) electrons. The second kappa shape index (κ2) is 6.97. The fourth-order valence-electron chi connectivity index (χ4n) is 3.41. The van der Waals surface area contributed by atoms with E-state index < -0.39 is 0 Å². The molecule has 1 unspecified atom stereocenters. The molecule has 0 bridgehead atoms. The summed E-state index contributed by atoms with van der Waals surface area (Å²) in [6.45, 7) is 4.39. The molecular formula is C20H26N2. The Hall–Kier alpha value is -1.80. The molecule has 0 saturated heterocycles. The molecule has 116 valence electrons. The molecular weight excluding hydrogens is 268 g/mol. The number of hydrogen-bond donors (Lipinski definition) is 1. The van der Waals surface area contributed by atoms with E-state index in [1.54, 1.807) is 0 Å². The Labute approximate surface area is 134 Å². The minimum atomic E-state index is 0.740. The lowest BCUT2D eigenvalue weighted by molar-refractivity contribution is 0.454. The second-order valence-corrected chi connectivity index (χ2v) is 6.39. The molecule has 0 fully saturated rings. The predicted octanol–water partition coefficient (Wildman–Crippen LogP) is 4.31. The Morgan fingerprint density at radius 1 is 1.09 bits per heavy atom. The summed E-state index contributed by atoms with van der Waals surface area (Å²) in [4.78, 5) is 2.50. The van der Waals surface area contributed by atoms with Gasteiger partial charge in [-0.1, -0.05) is 35.9 Å². The van der Waals surface area contributed by atoms with E-state index in [9.17, 15) is 0 Å². The van der Waals surface area contributed by atoms with Crippen molar-refractivity contribution < 1.29 is 0 Å². The molecule has 0 saturated carbocycles. The Bertz CT molecular complexity index is 603. The van der Waals surface area contributed by atoms with E-state index in [-0.39, 0.29) is 0 Å². The van der Waals surface area contributed by atoms with Crippen LogP contribution in [0.2, 0.25) is 0 Å². The normalized spacial score (nSPS) is 17.4. The van der Waals surface area contributed by atoms with Crippen LogP contribution in [0.25, 0.3) is 0 Å². The SMILES string of the molecule is CNCCCC1Cc2ccccc2N(c2ccc(C)cc2)C1. The van der Waals surface area contributed by atoms with Crippen LogP contribution in [0.3, 0.4) is 0 Å². The van der Waals surface area contributed by atoms with Gasteiger partial charge >= 0.3 is 0 Å². The van der Waals surface area contributed by atoms with Gasteiger partial charge in [0, 0.05) is 17.9 Å². The summed E-state index contributed by atoms with van der Waals surface area (Å²) in [5, 5.41) is 3.26. The maximum Gasteiger partial charge on any atom is 0.0443 e. The Morgan fingerprint density at radius 2 is 1.86 bits per heavy atom. The molecule has 0 aliphatic carbocycles. The minimum Gasteiger partial charge on any atom is -0.341 e. The average Bonchev–Trinajstić information content (AvgIpc) is 2.55. The van der Waals surface area contributed by atoms with Crippen molar-refractivity contribution in [2.75, 3.05) is 25.0 Å². The van der Waals surface area contributed by atoms with Gasteiger partial charge in [-0.15, -0.1) is 0 Å². The Kier molecular flexibility index (Phi) is 4.79. The lowest BCUT2D eigenvalue weighted by atomic mass is 9.89. The number of fused-ring (bicyclic) bond motifs is 1. The second-order valence-electron chi connectivity index (χ2n) is 6.39. The van der Waals surface area contributed by atoms with Crippen molar-refractivity contribution in [2.45, 2.75) is 26.2 Å². The highest BCUT2D eigenvalue weighted by Gasteiger charge is 2.24. The van der Waals surface area contributed by atoms with Crippen LogP contribution in [0, 0.1) is 12.8 Å². The van der Waals surface area contributed by atoms with Gasteiger partial charge in [0.15, 0.2) is 0 Å². The van der Waals surface area contributed by atoms with Crippen LogP contribution >= 0.6 is 0 Å².